The molecular weight excluding hydrogens is 286 g/mol. The second-order valence-corrected chi connectivity index (χ2v) is 5.45. The van der Waals surface area contributed by atoms with Crippen molar-refractivity contribution in [3.8, 4) is 0 Å². The molecule has 0 radical (unpaired) electrons. The van der Waals surface area contributed by atoms with Crippen LogP contribution in [-0.2, 0) is 6.42 Å². The Morgan fingerprint density at radius 3 is 2.86 bits per heavy atom. The van der Waals surface area contributed by atoms with E-state index in [9.17, 15) is 4.79 Å². The van der Waals surface area contributed by atoms with Crippen molar-refractivity contribution in [3.63, 3.8) is 0 Å². The molecule has 1 N–H and O–H groups in total. The van der Waals surface area contributed by atoms with Gasteiger partial charge < -0.3 is 19.3 Å². The van der Waals surface area contributed by atoms with Gasteiger partial charge in [-0.2, -0.15) is 4.98 Å². The van der Waals surface area contributed by atoms with Gasteiger partial charge in [-0.3, -0.25) is 0 Å². The molecule has 2 amide bonds. The number of hydrogen-bond donors (Lipinski definition) is 1. The number of nitrogens with zero attached hydrogens (tertiary/aromatic N) is 4. The fraction of sp³-hybridized carbons (Fsp3) is 0.571. The van der Waals surface area contributed by atoms with Crippen LogP contribution in [0.5, 0.6) is 0 Å². The van der Waals surface area contributed by atoms with Crippen molar-refractivity contribution in [2.24, 2.45) is 0 Å². The van der Waals surface area contributed by atoms with Crippen LogP contribution in [-0.4, -0.2) is 39.3 Å². The molecule has 2 aromatic heterocycles. The van der Waals surface area contributed by atoms with E-state index in [1.165, 1.54) is 0 Å². The van der Waals surface area contributed by atoms with Crippen LogP contribution >= 0.6 is 0 Å². The van der Waals surface area contributed by atoms with Gasteiger partial charge in [-0.25, -0.2) is 4.79 Å². The quantitative estimate of drug-likeness (QED) is 0.934. The second kappa shape index (κ2) is 5.78. The average molecular weight is 305 g/mol. The number of hydrogen-bond acceptors (Lipinski definition) is 6. The highest BCUT2D eigenvalue weighted by atomic mass is 16.5. The lowest BCUT2D eigenvalue weighted by Gasteiger charge is -2.16. The third-order valence-corrected chi connectivity index (χ3v) is 3.87. The summed E-state index contributed by atoms with van der Waals surface area (Å²) in [6.45, 7) is 6.77. The number of carbonyl (C=O) groups is 1. The number of aromatic nitrogens is 3. The molecule has 22 heavy (non-hydrogen) atoms. The number of amides is 2. The zero-order valence-corrected chi connectivity index (χ0v) is 12.9. The minimum absolute atomic E-state index is 0.123. The summed E-state index contributed by atoms with van der Waals surface area (Å²) in [5.41, 5.74) is 1.36. The predicted octanol–water partition coefficient (Wildman–Crippen LogP) is 2.26. The van der Waals surface area contributed by atoms with E-state index in [2.05, 4.69) is 20.6 Å². The van der Waals surface area contributed by atoms with Gasteiger partial charge in [0.15, 0.2) is 11.6 Å². The summed E-state index contributed by atoms with van der Waals surface area (Å²) in [6.07, 6.45) is 1.51. The summed E-state index contributed by atoms with van der Waals surface area (Å²) in [5, 5.41) is 10.7. The van der Waals surface area contributed by atoms with Crippen LogP contribution in [0.1, 0.15) is 42.4 Å². The fourth-order valence-corrected chi connectivity index (χ4v) is 2.64. The smallest absolute Gasteiger partial charge is 0.322 e. The van der Waals surface area contributed by atoms with Crippen LogP contribution < -0.4 is 5.32 Å². The van der Waals surface area contributed by atoms with Gasteiger partial charge in [0.25, 0.3) is 0 Å². The van der Waals surface area contributed by atoms with E-state index in [0.717, 1.165) is 6.42 Å². The third kappa shape index (κ3) is 2.68. The Kier molecular flexibility index (Phi) is 3.82. The van der Waals surface area contributed by atoms with Crippen LogP contribution in [0.2, 0.25) is 0 Å². The van der Waals surface area contributed by atoms with E-state index in [0.29, 0.717) is 48.4 Å². The highest BCUT2D eigenvalue weighted by Gasteiger charge is 2.31. The molecule has 1 aliphatic heterocycles. The van der Waals surface area contributed by atoms with E-state index in [-0.39, 0.29) is 11.9 Å². The van der Waals surface area contributed by atoms with Gasteiger partial charge in [0.1, 0.15) is 11.4 Å². The summed E-state index contributed by atoms with van der Waals surface area (Å²) in [6, 6.07) is -0.149. The van der Waals surface area contributed by atoms with Crippen molar-refractivity contribution in [1.82, 2.24) is 20.2 Å². The number of aryl methyl sites for hydroxylation is 3. The zero-order chi connectivity index (χ0) is 15.7. The SMILES string of the molecule is CCc1onc(C)c1NC(=O)N1CCC(c2noc(C)n2)C1. The molecule has 1 atom stereocenters. The molecular formula is C14H19N5O3. The maximum absolute atomic E-state index is 12.4. The Balaban J connectivity index is 1.65. The molecule has 1 saturated heterocycles. The van der Waals surface area contributed by atoms with Crippen molar-refractivity contribution < 1.29 is 13.8 Å². The highest BCUT2D eigenvalue weighted by Crippen LogP contribution is 2.27. The molecule has 0 spiro atoms. The molecule has 1 aliphatic rings. The summed E-state index contributed by atoms with van der Waals surface area (Å²) in [4.78, 5) is 18.4. The van der Waals surface area contributed by atoms with Crippen LogP contribution in [0.15, 0.2) is 9.05 Å². The molecule has 118 valence electrons. The lowest BCUT2D eigenvalue weighted by Crippen LogP contribution is -2.33. The molecule has 1 unspecified atom stereocenters. The monoisotopic (exact) mass is 305 g/mol. The maximum Gasteiger partial charge on any atom is 0.322 e. The molecule has 0 bridgehead atoms. The number of nitrogens with one attached hydrogen (secondary N) is 1. The molecule has 3 heterocycles. The number of likely N-dealkylation sites (tertiary alicyclic amines) is 1. The van der Waals surface area contributed by atoms with Crippen molar-refractivity contribution in [1.29, 1.82) is 0 Å². The van der Waals surface area contributed by atoms with Gasteiger partial charge in [0.05, 0.1) is 0 Å². The summed E-state index contributed by atoms with van der Waals surface area (Å²) >= 11 is 0. The molecule has 0 saturated carbocycles. The lowest BCUT2D eigenvalue weighted by molar-refractivity contribution is 0.221. The Bertz CT molecular complexity index is 678. The van der Waals surface area contributed by atoms with Crippen molar-refractivity contribution in [2.75, 3.05) is 18.4 Å². The lowest BCUT2D eigenvalue weighted by atomic mass is 10.1. The molecule has 3 rings (SSSR count). The minimum Gasteiger partial charge on any atom is -0.359 e. The van der Waals surface area contributed by atoms with Gasteiger partial charge in [0, 0.05) is 32.4 Å². The van der Waals surface area contributed by atoms with Gasteiger partial charge >= 0.3 is 6.03 Å². The molecule has 1 fully saturated rings. The Hall–Kier alpha value is -2.38. The largest absolute Gasteiger partial charge is 0.359 e. The number of carbonyl (C=O) groups excluding carboxylic acids is 1. The normalized spacial score (nSPS) is 18.0. The number of anilines is 1. The van der Waals surface area contributed by atoms with E-state index >= 15 is 0 Å². The average Bonchev–Trinajstić information content (AvgIpc) is 3.20. The first-order valence-corrected chi connectivity index (χ1v) is 7.39. The topological polar surface area (TPSA) is 97.3 Å². The number of rotatable bonds is 3. The van der Waals surface area contributed by atoms with Crippen molar-refractivity contribution in [3.05, 3.63) is 23.2 Å². The Labute approximate surface area is 127 Å². The summed E-state index contributed by atoms with van der Waals surface area (Å²) < 4.78 is 10.2. The second-order valence-electron chi connectivity index (χ2n) is 5.45. The first kappa shape index (κ1) is 14.6. The standard InChI is InChI=1S/C14H19N5O3/c1-4-11-12(8(2)17-22-11)16-14(20)19-6-5-10(7-19)13-15-9(3)21-18-13/h10H,4-7H2,1-3H3,(H,16,20). The van der Waals surface area contributed by atoms with Crippen LogP contribution in [0.4, 0.5) is 10.5 Å². The van der Waals surface area contributed by atoms with Gasteiger partial charge in [-0.05, 0) is 13.3 Å². The van der Waals surface area contributed by atoms with Crippen LogP contribution in [0.25, 0.3) is 0 Å². The van der Waals surface area contributed by atoms with Gasteiger partial charge in [0.2, 0.25) is 5.89 Å². The molecule has 8 heteroatoms. The first-order valence-electron chi connectivity index (χ1n) is 7.39. The van der Waals surface area contributed by atoms with E-state index < -0.39 is 0 Å². The van der Waals surface area contributed by atoms with Gasteiger partial charge in [-0.1, -0.05) is 17.2 Å². The third-order valence-electron chi connectivity index (χ3n) is 3.87. The number of urea groups is 1. The van der Waals surface area contributed by atoms with E-state index in [1.54, 1.807) is 11.8 Å². The molecule has 8 nitrogen and oxygen atoms in total. The van der Waals surface area contributed by atoms with E-state index in [1.807, 2.05) is 13.8 Å². The highest BCUT2D eigenvalue weighted by molar-refractivity contribution is 5.90. The summed E-state index contributed by atoms with van der Waals surface area (Å²) in [7, 11) is 0. The fourth-order valence-electron chi connectivity index (χ4n) is 2.64. The zero-order valence-electron chi connectivity index (χ0n) is 12.9. The van der Waals surface area contributed by atoms with E-state index in [4.69, 9.17) is 9.05 Å². The predicted molar refractivity (Wildman–Crippen MR) is 77.6 cm³/mol. The Morgan fingerprint density at radius 1 is 1.36 bits per heavy atom. The maximum atomic E-state index is 12.4. The molecule has 0 aromatic carbocycles. The summed E-state index contributed by atoms with van der Waals surface area (Å²) in [5.74, 6) is 2.03. The van der Waals surface area contributed by atoms with Crippen molar-refractivity contribution in [2.45, 2.75) is 39.5 Å². The van der Waals surface area contributed by atoms with Crippen LogP contribution in [0.3, 0.4) is 0 Å². The Morgan fingerprint density at radius 2 is 2.18 bits per heavy atom. The minimum atomic E-state index is -0.149. The van der Waals surface area contributed by atoms with Crippen LogP contribution in [0, 0.1) is 13.8 Å². The molecule has 0 aliphatic carbocycles. The van der Waals surface area contributed by atoms with Gasteiger partial charge in [-0.15, -0.1) is 0 Å². The first-order chi connectivity index (χ1) is 10.6. The molecule has 2 aromatic rings. The van der Waals surface area contributed by atoms with Crippen molar-refractivity contribution >= 4 is 11.7 Å².